The summed E-state index contributed by atoms with van der Waals surface area (Å²) in [4.78, 5) is 6.17. The number of anilines is 1. The monoisotopic (exact) mass is 269 g/mol. The molecule has 0 saturated carbocycles. The summed E-state index contributed by atoms with van der Waals surface area (Å²) in [5.74, 6) is 0. The second-order valence-corrected chi connectivity index (χ2v) is 5.38. The van der Waals surface area contributed by atoms with Gasteiger partial charge in [-0.25, -0.2) is 0 Å². The summed E-state index contributed by atoms with van der Waals surface area (Å²) >= 11 is 0. The molecule has 0 bridgehead atoms. The third-order valence-electron chi connectivity index (χ3n) is 3.62. The van der Waals surface area contributed by atoms with Gasteiger partial charge >= 0.3 is 0 Å². The Morgan fingerprint density at radius 3 is 1.85 bits per heavy atom. The zero-order valence-electron chi connectivity index (χ0n) is 12.7. The number of nitrogens with zero attached hydrogens (tertiary/aromatic N) is 2. The van der Waals surface area contributed by atoms with Crippen molar-refractivity contribution in [2.75, 3.05) is 19.0 Å². The first kappa shape index (κ1) is 14.5. The van der Waals surface area contributed by atoms with Crippen molar-refractivity contribution in [3.8, 4) is 0 Å². The van der Waals surface area contributed by atoms with Gasteiger partial charge in [0.1, 0.15) is 0 Å². The lowest BCUT2D eigenvalue weighted by Gasteiger charge is -2.21. The number of rotatable bonds is 5. The fraction of sp³-hybridized carbons (Fsp3) is 0.353. The second kappa shape index (κ2) is 6.53. The third-order valence-corrected chi connectivity index (χ3v) is 3.62. The Labute approximate surface area is 121 Å². The Bertz CT molecular complexity index is 520. The van der Waals surface area contributed by atoms with Gasteiger partial charge in [0.2, 0.25) is 0 Å². The van der Waals surface area contributed by atoms with Crippen molar-refractivity contribution in [3.63, 3.8) is 0 Å². The molecule has 0 saturated heterocycles. The van der Waals surface area contributed by atoms with Gasteiger partial charge < -0.3 is 10.2 Å². The summed E-state index contributed by atoms with van der Waals surface area (Å²) in [6.45, 7) is 4.38. The highest BCUT2D eigenvalue weighted by atomic mass is 15.1. The maximum Gasteiger partial charge on any atom is 0.0361 e. The number of pyridine rings is 1. The molecular formula is C17H23N3. The quantitative estimate of drug-likeness (QED) is 0.899. The molecule has 0 aliphatic rings. The molecule has 0 aliphatic carbocycles. The van der Waals surface area contributed by atoms with E-state index < -0.39 is 0 Å². The zero-order chi connectivity index (χ0) is 14.5. The number of hydrogen-bond acceptors (Lipinski definition) is 3. The predicted molar refractivity (Wildman–Crippen MR) is 85.0 cm³/mol. The van der Waals surface area contributed by atoms with Crippen LogP contribution in [0.15, 0.2) is 48.8 Å². The van der Waals surface area contributed by atoms with E-state index in [2.05, 4.69) is 79.5 Å². The average molecular weight is 269 g/mol. The predicted octanol–water partition coefficient (Wildman–Crippen LogP) is 3.56. The first-order valence-electron chi connectivity index (χ1n) is 7.01. The molecule has 2 atom stereocenters. The number of aromatic nitrogens is 1. The lowest BCUT2D eigenvalue weighted by molar-refractivity contribution is 0.494. The molecule has 1 heterocycles. The highest BCUT2D eigenvalue weighted by Crippen LogP contribution is 2.21. The molecule has 0 aliphatic heterocycles. The highest BCUT2D eigenvalue weighted by Gasteiger charge is 2.11. The van der Waals surface area contributed by atoms with Crippen LogP contribution < -0.4 is 10.2 Å². The summed E-state index contributed by atoms with van der Waals surface area (Å²) in [5.41, 5.74) is 3.79. The smallest absolute Gasteiger partial charge is 0.0361 e. The molecule has 1 unspecified atom stereocenters. The van der Waals surface area contributed by atoms with Gasteiger partial charge in [-0.15, -0.1) is 0 Å². The maximum absolute atomic E-state index is 4.06. The summed E-state index contributed by atoms with van der Waals surface area (Å²) < 4.78 is 0. The van der Waals surface area contributed by atoms with Gasteiger partial charge in [-0.1, -0.05) is 12.1 Å². The van der Waals surface area contributed by atoms with Crippen LogP contribution in [0.25, 0.3) is 0 Å². The minimum absolute atomic E-state index is 0.307. The van der Waals surface area contributed by atoms with Crippen molar-refractivity contribution in [1.29, 1.82) is 0 Å². The van der Waals surface area contributed by atoms with Crippen molar-refractivity contribution < 1.29 is 0 Å². The normalized spacial score (nSPS) is 13.8. The van der Waals surface area contributed by atoms with Crippen LogP contribution in [0.3, 0.4) is 0 Å². The minimum Gasteiger partial charge on any atom is -0.378 e. The molecule has 2 aromatic rings. The maximum atomic E-state index is 4.06. The fourth-order valence-electron chi connectivity index (χ4n) is 2.28. The summed E-state index contributed by atoms with van der Waals surface area (Å²) in [6, 6.07) is 13.4. The summed E-state index contributed by atoms with van der Waals surface area (Å²) in [5, 5.41) is 3.62. The first-order valence-corrected chi connectivity index (χ1v) is 7.01. The number of hydrogen-bond donors (Lipinski definition) is 1. The van der Waals surface area contributed by atoms with Crippen molar-refractivity contribution in [3.05, 3.63) is 59.9 Å². The van der Waals surface area contributed by atoms with Crippen molar-refractivity contribution in [2.45, 2.75) is 25.9 Å². The standard InChI is InChI=1S/C17H23N3/c1-13(15-5-7-17(8-6-15)20(3)4)19-14(2)16-9-11-18-12-10-16/h5-14,19H,1-4H3/t13?,14-/m1/s1. The molecule has 0 radical (unpaired) electrons. The summed E-state index contributed by atoms with van der Waals surface area (Å²) in [6.07, 6.45) is 3.67. The molecule has 106 valence electrons. The molecule has 1 aromatic heterocycles. The van der Waals surface area contributed by atoms with E-state index in [1.165, 1.54) is 16.8 Å². The fourth-order valence-corrected chi connectivity index (χ4v) is 2.28. The Hall–Kier alpha value is -1.87. The molecule has 0 amide bonds. The lowest BCUT2D eigenvalue weighted by atomic mass is 10.0. The van der Waals surface area contributed by atoms with Gasteiger partial charge in [-0.2, -0.15) is 0 Å². The summed E-state index contributed by atoms with van der Waals surface area (Å²) in [7, 11) is 4.12. The van der Waals surface area contributed by atoms with Gasteiger partial charge in [-0.05, 0) is 49.2 Å². The largest absolute Gasteiger partial charge is 0.378 e. The first-order chi connectivity index (χ1) is 9.58. The van der Waals surface area contributed by atoms with Crippen LogP contribution in [0.1, 0.15) is 37.1 Å². The van der Waals surface area contributed by atoms with Gasteiger partial charge in [-0.3, -0.25) is 4.98 Å². The second-order valence-electron chi connectivity index (χ2n) is 5.38. The third kappa shape index (κ3) is 3.58. The van der Waals surface area contributed by atoms with Crippen LogP contribution in [0, 0.1) is 0 Å². The average Bonchev–Trinajstić information content (AvgIpc) is 2.48. The Balaban J connectivity index is 2.02. The Kier molecular flexibility index (Phi) is 4.74. The molecular weight excluding hydrogens is 246 g/mol. The molecule has 0 spiro atoms. The molecule has 2 rings (SSSR count). The topological polar surface area (TPSA) is 28.2 Å². The van der Waals surface area contributed by atoms with E-state index in [4.69, 9.17) is 0 Å². The molecule has 3 heteroatoms. The van der Waals surface area contributed by atoms with Crippen LogP contribution in [0.5, 0.6) is 0 Å². The van der Waals surface area contributed by atoms with E-state index in [-0.39, 0.29) is 0 Å². The van der Waals surface area contributed by atoms with Gasteiger partial charge in [0.15, 0.2) is 0 Å². The van der Waals surface area contributed by atoms with E-state index in [0.29, 0.717) is 12.1 Å². The molecule has 20 heavy (non-hydrogen) atoms. The Morgan fingerprint density at radius 1 is 0.850 bits per heavy atom. The highest BCUT2D eigenvalue weighted by molar-refractivity contribution is 5.46. The van der Waals surface area contributed by atoms with Crippen LogP contribution in [0.2, 0.25) is 0 Å². The van der Waals surface area contributed by atoms with Gasteiger partial charge in [0, 0.05) is 44.3 Å². The van der Waals surface area contributed by atoms with Crippen LogP contribution in [-0.4, -0.2) is 19.1 Å². The van der Waals surface area contributed by atoms with Crippen LogP contribution in [-0.2, 0) is 0 Å². The van der Waals surface area contributed by atoms with E-state index in [1.807, 2.05) is 12.4 Å². The van der Waals surface area contributed by atoms with Gasteiger partial charge in [0.25, 0.3) is 0 Å². The van der Waals surface area contributed by atoms with E-state index in [9.17, 15) is 0 Å². The SMILES string of the molecule is CC(N[C@H](C)c1ccncc1)c1ccc(N(C)C)cc1. The van der Waals surface area contributed by atoms with Crippen molar-refractivity contribution in [1.82, 2.24) is 10.3 Å². The van der Waals surface area contributed by atoms with E-state index in [1.54, 1.807) is 0 Å². The number of benzene rings is 1. The van der Waals surface area contributed by atoms with Crippen molar-refractivity contribution >= 4 is 5.69 Å². The van der Waals surface area contributed by atoms with Gasteiger partial charge in [0.05, 0.1) is 0 Å². The van der Waals surface area contributed by atoms with Crippen LogP contribution >= 0.6 is 0 Å². The minimum atomic E-state index is 0.307. The molecule has 0 fully saturated rings. The molecule has 1 N–H and O–H groups in total. The lowest BCUT2D eigenvalue weighted by Crippen LogP contribution is -2.22. The van der Waals surface area contributed by atoms with Crippen LogP contribution in [0.4, 0.5) is 5.69 Å². The van der Waals surface area contributed by atoms with E-state index in [0.717, 1.165) is 0 Å². The Morgan fingerprint density at radius 2 is 1.35 bits per heavy atom. The van der Waals surface area contributed by atoms with E-state index >= 15 is 0 Å². The van der Waals surface area contributed by atoms with Crippen molar-refractivity contribution in [2.24, 2.45) is 0 Å². The molecule has 3 nitrogen and oxygen atoms in total. The zero-order valence-corrected chi connectivity index (χ0v) is 12.7. The number of nitrogens with one attached hydrogen (secondary N) is 1. The molecule has 1 aromatic carbocycles.